The molecule has 0 aliphatic carbocycles. The van der Waals surface area contributed by atoms with Crippen LogP contribution in [0.15, 0.2) is 24.3 Å². The van der Waals surface area contributed by atoms with E-state index in [9.17, 15) is 13.2 Å². The van der Waals surface area contributed by atoms with Gasteiger partial charge in [-0.3, -0.25) is 0 Å². The van der Waals surface area contributed by atoms with Gasteiger partial charge in [0, 0.05) is 5.56 Å². The van der Waals surface area contributed by atoms with E-state index in [2.05, 4.69) is 4.74 Å². The number of ether oxygens (including phenoxy) is 1. The van der Waals surface area contributed by atoms with Crippen LogP contribution in [0.1, 0.15) is 5.56 Å². The van der Waals surface area contributed by atoms with E-state index in [4.69, 9.17) is 11.6 Å². The lowest BCUT2D eigenvalue weighted by atomic mass is 10.2. The van der Waals surface area contributed by atoms with Crippen molar-refractivity contribution in [3.8, 4) is 5.75 Å². The Kier molecular flexibility index (Phi) is 3.63. The highest BCUT2D eigenvalue weighted by Crippen LogP contribution is 2.23. The zero-order valence-corrected chi connectivity index (χ0v) is 7.90. The zero-order valence-electron chi connectivity index (χ0n) is 7.14. The number of halogens is 4. The fraction of sp³-hybridized carbons (Fsp3) is 0.333. The Morgan fingerprint density at radius 1 is 1.21 bits per heavy atom. The second kappa shape index (κ2) is 4.55. The zero-order chi connectivity index (χ0) is 10.6. The van der Waals surface area contributed by atoms with E-state index in [0.717, 1.165) is 0 Å². The van der Waals surface area contributed by atoms with E-state index < -0.39 is 12.8 Å². The highest BCUT2D eigenvalue weighted by atomic mass is 35.5. The molecule has 78 valence electrons. The highest BCUT2D eigenvalue weighted by molar-refractivity contribution is 6.17. The summed E-state index contributed by atoms with van der Waals surface area (Å²) in [5.41, 5.74) is 0.554. The Labute approximate surface area is 84.4 Å². The quantitative estimate of drug-likeness (QED) is 0.716. The first kappa shape index (κ1) is 11.2. The average molecular weight is 225 g/mol. The molecular formula is C9H8ClF3O. The molecule has 5 heteroatoms. The number of hydrogen-bond donors (Lipinski definition) is 0. The molecule has 0 amide bonds. The van der Waals surface area contributed by atoms with Gasteiger partial charge in [0.1, 0.15) is 5.75 Å². The lowest BCUT2D eigenvalue weighted by Crippen LogP contribution is -2.19. The van der Waals surface area contributed by atoms with Crippen LogP contribution in [-0.4, -0.2) is 12.8 Å². The predicted molar refractivity (Wildman–Crippen MR) is 47.5 cm³/mol. The second-order valence-electron chi connectivity index (χ2n) is 2.65. The van der Waals surface area contributed by atoms with E-state index in [0.29, 0.717) is 5.56 Å². The van der Waals surface area contributed by atoms with Crippen molar-refractivity contribution in [1.29, 1.82) is 0 Å². The SMILES string of the molecule is FC(F)(F)COc1ccccc1CCl. The van der Waals surface area contributed by atoms with Gasteiger partial charge in [0.2, 0.25) is 0 Å². The Balaban J connectivity index is 2.67. The van der Waals surface area contributed by atoms with Gasteiger partial charge in [-0.15, -0.1) is 11.6 Å². The molecule has 0 aliphatic heterocycles. The third-order valence-electron chi connectivity index (χ3n) is 1.51. The molecule has 0 aromatic heterocycles. The van der Waals surface area contributed by atoms with Crippen molar-refractivity contribution >= 4 is 11.6 Å². The first-order valence-corrected chi connectivity index (χ1v) is 4.40. The summed E-state index contributed by atoms with van der Waals surface area (Å²) in [7, 11) is 0. The summed E-state index contributed by atoms with van der Waals surface area (Å²) in [5, 5.41) is 0. The van der Waals surface area contributed by atoms with Crippen LogP contribution in [0.4, 0.5) is 13.2 Å². The van der Waals surface area contributed by atoms with Crippen molar-refractivity contribution in [2.24, 2.45) is 0 Å². The van der Waals surface area contributed by atoms with Gasteiger partial charge >= 0.3 is 6.18 Å². The molecule has 0 aliphatic rings. The topological polar surface area (TPSA) is 9.23 Å². The summed E-state index contributed by atoms with van der Waals surface area (Å²) >= 11 is 5.52. The molecule has 0 fully saturated rings. The monoisotopic (exact) mass is 224 g/mol. The first-order valence-electron chi connectivity index (χ1n) is 3.86. The Bertz CT molecular complexity index is 298. The van der Waals surface area contributed by atoms with Gasteiger partial charge in [-0.1, -0.05) is 18.2 Å². The fourth-order valence-corrected chi connectivity index (χ4v) is 1.14. The summed E-state index contributed by atoms with van der Waals surface area (Å²) in [4.78, 5) is 0. The molecule has 1 aromatic rings. The van der Waals surface area contributed by atoms with Crippen molar-refractivity contribution in [2.45, 2.75) is 12.1 Å². The standard InChI is InChI=1S/C9H8ClF3O/c10-5-7-3-1-2-4-8(7)14-6-9(11,12)13/h1-4H,5-6H2. The normalized spacial score (nSPS) is 11.4. The summed E-state index contributed by atoms with van der Waals surface area (Å²) in [6.45, 7) is -1.29. The maximum Gasteiger partial charge on any atom is 0.422 e. The van der Waals surface area contributed by atoms with Crippen LogP contribution >= 0.6 is 11.6 Å². The first-order chi connectivity index (χ1) is 6.53. The van der Waals surface area contributed by atoms with Crippen molar-refractivity contribution < 1.29 is 17.9 Å². The minimum atomic E-state index is -4.32. The van der Waals surface area contributed by atoms with Gasteiger partial charge in [-0.05, 0) is 6.07 Å². The molecule has 1 nitrogen and oxygen atoms in total. The van der Waals surface area contributed by atoms with Crippen LogP contribution < -0.4 is 4.74 Å². The summed E-state index contributed by atoms with van der Waals surface area (Å²) < 4.78 is 40.0. The summed E-state index contributed by atoms with van der Waals surface area (Å²) in [5.74, 6) is 0.313. The molecule has 0 atom stereocenters. The Hall–Kier alpha value is -0.900. The lowest BCUT2D eigenvalue weighted by Gasteiger charge is -2.11. The molecule has 0 N–H and O–H groups in total. The summed E-state index contributed by atoms with van der Waals surface area (Å²) in [6.07, 6.45) is -4.32. The van der Waals surface area contributed by atoms with Crippen molar-refractivity contribution in [3.63, 3.8) is 0 Å². The molecule has 1 rings (SSSR count). The molecule has 0 bridgehead atoms. The van der Waals surface area contributed by atoms with Crippen LogP contribution in [0.2, 0.25) is 0 Å². The Morgan fingerprint density at radius 2 is 1.86 bits per heavy atom. The lowest BCUT2D eigenvalue weighted by molar-refractivity contribution is -0.153. The van der Waals surface area contributed by atoms with Crippen molar-refractivity contribution in [2.75, 3.05) is 6.61 Å². The van der Waals surface area contributed by atoms with Crippen LogP contribution in [-0.2, 0) is 5.88 Å². The molecule has 0 unspecified atom stereocenters. The van der Waals surface area contributed by atoms with Crippen LogP contribution in [0.3, 0.4) is 0 Å². The van der Waals surface area contributed by atoms with E-state index in [1.54, 1.807) is 18.2 Å². The molecular weight excluding hydrogens is 217 g/mol. The number of rotatable bonds is 3. The van der Waals surface area contributed by atoms with Gasteiger partial charge in [0.15, 0.2) is 6.61 Å². The van der Waals surface area contributed by atoms with Crippen molar-refractivity contribution in [3.05, 3.63) is 29.8 Å². The van der Waals surface area contributed by atoms with Crippen LogP contribution in [0.5, 0.6) is 5.75 Å². The Morgan fingerprint density at radius 3 is 2.43 bits per heavy atom. The fourth-order valence-electron chi connectivity index (χ4n) is 0.915. The average Bonchev–Trinajstić information content (AvgIpc) is 2.14. The van der Waals surface area contributed by atoms with Gasteiger partial charge < -0.3 is 4.74 Å². The van der Waals surface area contributed by atoms with E-state index >= 15 is 0 Å². The van der Waals surface area contributed by atoms with Gasteiger partial charge in [0.05, 0.1) is 5.88 Å². The largest absolute Gasteiger partial charge is 0.484 e. The van der Waals surface area contributed by atoms with E-state index in [1.165, 1.54) is 6.07 Å². The molecule has 0 saturated heterocycles. The van der Waals surface area contributed by atoms with Gasteiger partial charge in [0.25, 0.3) is 0 Å². The number of alkyl halides is 4. The smallest absolute Gasteiger partial charge is 0.422 e. The molecule has 1 aromatic carbocycles. The summed E-state index contributed by atoms with van der Waals surface area (Å²) in [6, 6.07) is 6.38. The minimum Gasteiger partial charge on any atom is -0.484 e. The van der Waals surface area contributed by atoms with Gasteiger partial charge in [-0.25, -0.2) is 0 Å². The number of benzene rings is 1. The van der Waals surface area contributed by atoms with Gasteiger partial charge in [-0.2, -0.15) is 13.2 Å². The van der Waals surface area contributed by atoms with E-state index in [1.807, 2.05) is 0 Å². The number of para-hydroxylation sites is 1. The molecule has 0 heterocycles. The van der Waals surface area contributed by atoms with Crippen molar-refractivity contribution in [1.82, 2.24) is 0 Å². The number of hydrogen-bond acceptors (Lipinski definition) is 1. The maximum atomic E-state index is 11.8. The third-order valence-corrected chi connectivity index (χ3v) is 1.80. The molecule has 0 radical (unpaired) electrons. The second-order valence-corrected chi connectivity index (χ2v) is 2.91. The highest BCUT2D eigenvalue weighted by Gasteiger charge is 2.28. The molecule has 0 spiro atoms. The molecule has 0 saturated carbocycles. The molecule has 14 heavy (non-hydrogen) atoms. The predicted octanol–water partition coefficient (Wildman–Crippen LogP) is 3.37. The van der Waals surface area contributed by atoms with Crippen LogP contribution in [0.25, 0.3) is 0 Å². The third kappa shape index (κ3) is 3.46. The van der Waals surface area contributed by atoms with Crippen LogP contribution in [0, 0.1) is 0 Å². The maximum absolute atomic E-state index is 11.8. The minimum absolute atomic E-state index is 0.133. The van der Waals surface area contributed by atoms with E-state index in [-0.39, 0.29) is 11.6 Å².